The molecule has 0 fully saturated rings. The van der Waals surface area contributed by atoms with Gasteiger partial charge in [0.2, 0.25) is 0 Å². The second-order valence-electron chi connectivity index (χ2n) is 5.43. The molecule has 0 atom stereocenters. The highest BCUT2D eigenvalue weighted by atomic mass is 79.9. The molecule has 0 spiro atoms. The standard InChI is InChI=1S/C17H15BrN2/c18-16-10-20-7-1-2-12-8-13(9-15(16)17(12)20)11-3-5-14(19)6-4-11/h3-6,8-10H,1-2,7,19H2. The Labute approximate surface area is 126 Å². The first kappa shape index (κ1) is 12.0. The van der Waals surface area contributed by atoms with Crippen LogP contribution in [0.4, 0.5) is 5.69 Å². The van der Waals surface area contributed by atoms with Crippen LogP contribution in [0.1, 0.15) is 12.0 Å². The average molecular weight is 327 g/mol. The largest absolute Gasteiger partial charge is 0.399 e. The lowest BCUT2D eigenvalue weighted by atomic mass is 9.96. The van der Waals surface area contributed by atoms with Gasteiger partial charge in [0.05, 0.1) is 5.52 Å². The van der Waals surface area contributed by atoms with Crippen molar-refractivity contribution >= 4 is 32.5 Å². The number of rotatable bonds is 1. The van der Waals surface area contributed by atoms with Crippen LogP contribution in [-0.4, -0.2) is 4.57 Å². The molecule has 3 aromatic rings. The van der Waals surface area contributed by atoms with E-state index >= 15 is 0 Å². The number of nitrogens with zero attached hydrogens (tertiary/aromatic N) is 1. The summed E-state index contributed by atoms with van der Waals surface area (Å²) in [5.74, 6) is 0. The van der Waals surface area contributed by atoms with Crippen molar-refractivity contribution in [1.29, 1.82) is 0 Å². The Morgan fingerprint density at radius 2 is 1.85 bits per heavy atom. The second-order valence-corrected chi connectivity index (χ2v) is 6.28. The summed E-state index contributed by atoms with van der Waals surface area (Å²) in [7, 11) is 0. The molecule has 1 aromatic heterocycles. The Morgan fingerprint density at radius 3 is 2.65 bits per heavy atom. The van der Waals surface area contributed by atoms with Gasteiger partial charge in [-0.25, -0.2) is 0 Å². The maximum absolute atomic E-state index is 5.78. The first-order valence-corrected chi connectivity index (χ1v) is 7.69. The van der Waals surface area contributed by atoms with Crippen LogP contribution in [0.2, 0.25) is 0 Å². The lowest BCUT2D eigenvalue weighted by Crippen LogP contribution is -2.06. The molecule has 3 heteroatoms. The molecule has 0 radical (unpaired) electrons. The molecule has 1 aliphatic rings. The van der Waals surface area contributed by atoms with Crippen molar-refractivity contribution in [1.82, 2.24) is 4.57 Å². The number of hydrogen-bond donors (Lipinski definition) is 1. The minimum Gasteiger partial charge on any atom is -0.399 e. The van der Waals surface area contributed by atoms with Crippen LogP contribution < -0.4 is 5.73 Å². The van der Waals surface area contributed by atoms with Crippen molar-refractivity contribution in [2.24, 2.45) is 0 Å². The maximum Gasteiger partial charge on any atom is 0.0525 e. The van der Waals surface area contributed by atoms with E-state index in [-0.39, 0.29) is 0 Å². The van der Waals surface area contributed by atoms with Gasteiger partial charge in [0, 0.05) is 28.3 Å². The number of nitrogens with two attached hydrogens (primary N) is 1. The molecule has 0 bridgehead atoms. The monoisotopic (exact) mass is 326 g/mol. The van der Waals surface area contributed by atoms with Crippen molar-refractivity contribution in [2.45, 2.75) is 19.4 Å². The normalized spacial score (nSPS) is 13.8. The van der Waals surface area contributed by atoms with Gasteiger partial charge in [-0.2, -0.15) is 0 Å². The van der Waals surface area contributed by atoms with E-state index in [1.54, 1.807) is 0 Å². The molecule has 1 aliphatic heterocycles. The van der Waals surface area contributed by atoms with E-state index < -0.39 is 0 Å². The number of hydrogen-bond acceptors (Lipinski definition) is 1. The van der Waals surface area contributed by atoms with E-state index in [2.05, 4.69) is 51.0 Å². The fourth-order valence-corrected chi connectivity index (χ4v) is 3.69. The number of aromatic nitrogens is 1. The summed E-state index contributed by atoms with van der Waals surface area (Å²) in [6.45, 7) is 1.12. The molecular formula is C17H15BrN2. The summed E-state index contributed by atoms with van der Waals surface area (Å²) in [5.41, 5.74) is 11.9. The van der Waals surface area contributed by atoms with Gasteiger partial charge in [-0.3, -0.25) is 0 Å². The molecule has 2 aromatic carbocycles. The zero-order chi connectivity index (χ0) is 13.7. The van der Waals surface area contributed by atoms with E-state index in [0.717, 1.165) is 18.7 Å². The van der Waals surface area contributed by atoms with Crippen molar-refractivity contribution < 1.29 is 0 Å². The maximum atomic E-state index is 5.78. The van der Waals surface area contributed by atoms with Crippen LogP contribution >= 0.6 is 15.9 Å². The van der Waals surface area contributed by atoms with Crippen LogP contribution in [0.5, 0.6) is 0 Å². The number of aryl methyl sites for hydroxylation is 2. The summed E-state index contributed by atoms with van der Waals surface area (Å²) < 4.78 is 3.55. The first-order chi connectivity index (χ1) is 9.72. The molecule has 0 unspecified atom stereocenters. The van der Waals surface area contributed by atoms with Gasteiger partial charge in [-0.05, 0) is 69.7 Å². The highest BCUT2D eigenvalue weighted by Gasteiger charge is 2.16. The third-order valence-electron chi connectivity index (χ3n) is 4.09. The van der Waals surface area contributed by atoms with Gasteiger partial charge in [0.25, 0.3) is 0 Å². The van der Waals surface area contributed by atoms with Gasteiger partial charge in [0.1, 0.15) is 0 Å². The Balaban J connectivity index is 1.98. The summed E-state index contributed by atoms with van der Waals surface area (Å²) >= 11 is 3.70. The fraction of sp³-hybridized carbons (Fsp3) is 0.176. The fourth-order valence-electron chi connectivity index (χ4n) is 3.14. The third-order valence-corrected chi connectivity index (χ3v) is 4.72. The van der Waals surface area contributed by atoms with Crippen LogP contribution in [0.15, 0.2) is 47.1 Å². The highest BCUT2D eigenvalue weighted by molar-refractivity contribution is 9.10. The molecule has 0 saturated carbocycles. The van der Waals surface area contributed by atoms with Gasteiger partial charge < -0.3 is 10.3 Å². The SMILES string of the molecule is Nc1ccc(-c2cc3c4c(c2)c(Br)cn4CCC3)cc1. The minimum absolute atomic E-state index is 0.809. The van der Waals surface area contributed by atoms with Crippen LogP contribution in [0.3, 0.4) is 0 Å². The van der Waals surface area contributed by atoms with Crippen LogP contribution in [-0.2, 0) is 13.0 Å². The minimum atomic E-state index is 0.809. The lowest BCUT2D eigenvalue weighted by molar-refractivity contribution is 0.635. The molecule has 0 amide bonds. The first-order valence-electron chi connectivity index (χ1n) is 6.89. The van der Waals surface area contributed by atoms with E-state index in [9.17, 15) is 0 Å². The topological polar surface area (TPSA) is 30.9 Å². The van der Waals surface area contributed by atoms with E-state index in [1.807, 2.05) is 12.1 Å². The van der Waals surface area contributed by atoms with Crippen molar-refractivity contribution in [3.63, 3.8) is 0 Å². The van der Waals surface area contributed by atoms with Gasteiger partial charge in [0.15, 0.2) is 0 Å². The lowest BCUT2D eigenvalue weighted by Gasteiger charge is -2.17. The molecule has 0 aliphatic carbocycles. The molecule has 4 rings (SSSR count). The Bertz CT molecular complexity index is 800. The molecule has 0 saturated heterocycles. The van der Waals surface area contributed by atoms with E-state index in [4.69, 9.17) is 5.73 Å². The number of anilines is 1. The summed E-state index contributed by atoms with van der Waals surface area (Å²) in [6.07, 6.45) is 4.59. The number of halogens is 1. The van der Waals surface area contributed by atoms with Crippen LogP contribution in [0, 0.1) is 0 Å². The summed E-state index contributed by atoms with van der Waals surface area (Å²) in [4.78, 5) is 0. The van der Waals surface area contributed by atoms with E-state index in [0.29, 0.717) is 0 Å². The zero-order valence-corrected chi connectivity index (χ0v) is 12.7. The Kier molecular flexibility index (Phi) is 2.64. The molecule has 2 heterocycles. The van der Waals surface area contributed by atoms with E-state index in [1.165, 1.54) is 38.5 Å². The van der Waals surface area contributed by atoms with Gasteiger partial charge >= 0.3 is 0 Å². The summed E-state index contributed by atoms with van der Waals surface area (Å²) in [5, 5.41) is 1.31. The van der Waals surface area contributed by atoms with Crippen molar-refractivity contribution in [2.75, 3.05) is 5.73 Å². The van der Waals surface area contributed by atoms with Gasteiger partial charge in [-0.1, -0.05) is 12.1 Å². The number of benzene rings is 2. The van der Waals surface area contributed by atoms with Crippen molar-refractivity contribution in [3.05, 3.63) is 52.6 Å². The van der Waals surface area contributed by atoms with Crippen LogP contribution in [0.25, 0.3) is 22.0 Å². The predicted octanol–water partition coefficient (Wildman–Crippen LogP) is 4.60. The third kappa shape index (κ3) is 1.77. The average Bonchev–Trinajstić information content (AvgIpc) is 2.78. The molecule has 2 N–H and O–H groups in total. The predicted molar refractivity (Wildman–Crippen MR) is 87.8 cm³/mol. The quantitative estimate of drug-likeness (QED) is 0.651. The highest BCUT2D eigenvalue weighted by Crippen LogP contribution is 2.36. The Hall–Kier alpha value is -1.74. The second kappa shape index (κ2) is 4.38. The molecule has 100 valence electrons. The molecular weight excluding hydrogens is 312 g/mol. The van der Waals surface area contributed by atoms with Crippen molar-refractivity contribution in [3.8, 4) is 11.1 Å². The van der Waals surface area contributed by atoms with Gasteiger partial charge in [-0.15, -0.1) is 0 Å². The molecule has 2 nitrogen and oxygen atoms in total. The zero-order valence-electron chi connectivity index (χ0n) is 11.1. The Morgan fingerprint density at radius 1 is 1.05 bits per heavy atom. The summed E-state index contributed by atoms with van der Waals surface area (Å²) in [6, 6.07) is 12.7. The molecule has 20 heavy (non-hydrogen) atoms. The number of nitrogen functional groups attached to an aromatic ring is 1. The smallest absolute Gasteiger partial charge is 0.0525 e.